The summed E-state index contributed by atoms with van der Waals surface area (Å²) >= 11 is 0. The van der Waals surface area contributed by atoms with E-state index in [-0.39, 0.29) is 12.5 Å². The van der Waals surface area contributed by atoms with Crippen LogP contribution >= 0.6 is 0 Å². The topological polar surface area (TPSA) is 51.7 Å². The van der Waals surface area contributed by atoms with Gasteiger partial charge >= 0.3 is 0 Å². The number of carbonyl (C=O) groups is 1. The van der Waals surface area contributed by atoms with Crippen molar-refractivity contribution in [3.63, 3.8) is 0 Å². The Balaban J connectivity index is 1.64. The van der Waals surface area contributed by atoms with Crippen molar-refractivity contribution in [1.29, 1.82) is 0 Å². The molecule has 5 nitrogen and oxygen atoms in total. The van der Waals surface area contributed by atoms with Crippen molar-refractivity contribution in [1.82, 2.24) is 9.88 Å². The predicted octanol–water partition coefficient (Wildman–Crippen LogP) is 2.97. The Morgan fingerprint density at radius 2 is 1.96 bits per heavy atom. The van der Waals surface area contributed by atoms with Gasteiger partial charge in [-0.15, -0.1) is 0 Å². The molecule has 1 aliphatic carbocycles. The van der Waals surface area contributed by atoms with E-state index < -0.39 is 0 Å². The Bertz CT molecular complexity index is 699. The fraction of sp³-hybridized carbons (Fsp3) is 0.368. The fourth-order valence-corrected chi connectivity index (χ4v) is 2.61. The molecule has 0 unspecified atom stereocenters. The van der Waals surface area contributed by atoms with Crippen LogP contribution in [0, 0.1) is 6.92 Å². The number of benzene rings is 1. The second-order valence-electron chi connectivity index (χ2n) is 6.05. The molecule has 0 saturated heterocycles. The van der Waals surface area contributed by atoms with E-state index in [4.69, 9.17) is 9.47 Å². The SMILES string of the molecule is COc1cc(C)ccc1OCC(=O)N(Cc1ccncc1)C1CC1. The number of nitrogens with zero attached hydrogens (tertiary/aromatic N) is 2. The largest absolute Gasteiger partial charge is 0.493 e. The van der Waals surface area contributed by atoms with Gasteiger partial charge in [-0.05, 0) is 55.2 Å². The van der Waals surface area contributed by atoms with Gasteiger partial charge in [0.25, 0.3) is 5.91 Å². The molecule has 0 spiro atoms. The fourth-order valence-electron chi connectivity index (χ4n) is 2.61. The number of hydrogen-bond donors (Lipinski definition) is 0. The first-order valence-corrected chi connectivity index (χ1v) is 8.13. The number of amides is 1. The number of hydrogen-bond acceptors (Lipinski definition) is 4. The van der Waals surface area contributed by atoms with E-state index in [2.05, 4.69) is 4.98 Å². The molecule has 1 aromatic heterocycles. The Labute approximate surface area is 142 Å². The van der Waals surface area contributed by atoms with Gasteiger partial charge in [-0.25, -0.2) is 0 Å². The summed E-state index contributed by atoms with van der Waals surface area (Å²) in [5, 5.41) is 0. The second-order valence-corrected chi connectivity index (χ2v) is 6.05. The molecule has 0 atom stereocenters. The highest BCUT2D eigenvalue weighted by Crippen LogP contribution is 2.30. The van der Waals surface area contributed by atoms with Crippen molar-refractivity contribution in [2.45, 2.75) is 32.4 Å². The molecule has 1 heterocycles. The molecule has 1 aliphatic rings. The normalized spacial score (nSPS) is 13.4. The van der Waals surface area contributed by atoms with E-state index in [1.165, 1.54) is 0 Å². The van der Waals surface area contributed by atoms with Crippen molar-refractivity contribution in [3.8, 4) is 11.5 Å². The zero-order chi connectivity index (χ0) is 16.9. The van der Waals surface area contributed by atoms with E-state index in [0.29, 0.717) is 24.1 Å². The second kappa shape index (κ2) is 7.34. The van der Waals surface area contributed by atoms with Crippen LogP contribution in [0.5, 0.6) is 11.5 Å². The van der Waals surface area contributed by atoms with Crippen LogP contribution in [0.3, 0.4) is 0 Å². The number of pyridine rings is 1. The summed E-state index contributed by atoms with van der Waals surface area (Å²) < 4.78 is 11.0. The molecular weight excluding hydrogens is 304 g/mol. The smallest absolute Gasteiger partial charge is 0.261 e. The molecule has 3 rings (SSSR count). The van der Waals surface area contributed by atoms with E-state index in [1.807, 2.05) is 42.2 Å². The van der Waals surface area contributed by atoms with E-state index >= 15 is 0 Å². The number of aryl methyl sites for hydroxylation is 1. The molecule has 24 heavy (non-hydrogen) atoms. The Kier molecular flexibility index (Phi) is 4.99. The van der Waals surface area contributed by atoms with Gasteiger partial charge in [-0.2, -0.15) is 0 Å². The number of carbonyl (C=O) groups excluding carboxylic acids is 1. The molecule has 0 N–H and O–H groups in total. The van der Waals surface area contributed by atoms with Crippen molar-refractivity contribution < 1.29 is 14.3 Å². The number of ether oxygens (including phenoxy) is 2. The lowest BCUT2D eigenvalue weighted by Crippen LogP contribution is -2.36. The van der Waals surface area contributed by atoms with Gasteiger partial charge in [0.05, 0.1) is 7.11 Å². The molecule has 1 aromatic carbocycles. The third-order valence-electron chi connectivity index (χ3n) is 4.08. The van der Waals surface area contributed by atoms with Gasteiger partial charge in [0.2, 0.25) is 0 Å². The van der Waals surface area contributed by atoms with Crippen LogP contribution in [-0.2, 0) is 11.3 Å². The van der Waals surface area contributed by atoms with Crippen LogP contribution in [0.4, 0.5) is 0 Å². The molecule has 1 fully saturated rings. The molecular formula is C19H22N2O3. The monoisotopic (exact) mass is 326 g/mol. The van der Waals surface area contributed by atoms with Crippen LogP contribution in [0.15, 0.2) is 42.7 Å². The molecule has 0 radical (unpaired) electrons. The summed E-state index contributed by atoms with van der Waals surface area (Å²) in [5.74, 6) is 1.24. The van der Waals surface area contributed by atoms with E-state index in [0.717, 1.165) is 24.0 Å². The van der Waals surface area contributed by atoms with Gasteiger partial charge in [0, 0.05) is 25.0 Å². The summed E-state index contributed by atoms with van der Waals surface area (Å²) in [6.45, 7) is 2.60. The maximum absolute atomic E-state index is 12.6. The minimum atomic E-state index is -0.00283. The van der Waals surface area contributed by atoms with Crippen molar-refractivity contribution in [3.05, 3.63) is 53.9 Å². The minimum absolute atomic E-state index is 0.00283. The van der Waals surface area contributed by atoms with Gasteiger partial charge in [0.1, 0.15) is 0 Å². The lowest BCUT2D eigenvalue weighted by atomic mass is 10.2. The average molecular weight is 326 g/mol. The van der Waals surface area contributed by atoms with Crippen molar-refractivity contribution >= 4 is 5.91 Å². The van der Waals surface area contributed by atoms with Crippen molar-refractivity contribution in [2.24, 2.45) is 0 Å². The summed E-state index contributed by atoms with van der Waals surface area (Å²) in [6.07, 6.45) is 5.62. The van der Waals surface area contributed by atoms with Crippen molar-refractivity contribution in [2.75, 3.05) is 13.7 Å². The Hall–Kier alpha value is -2.56. The highest BCUT2D eigenvalue weighted by molar-refractivity contribution is 5.78. The highest BCUT2D eigenvalue weighted by atomic mass is 16.5. The molecule has 5 heteroatoms. The van der Waals surface area contributed by atoms with Crippen LogP contribution in [0.1, 0.15) is 24.0 Å². The third kappa shape index (κ3) is 4.04. The van der Waals surface area contributed by atoms with E-state index in [1.54, 1.807) is 19.5 Å². The first-order chi connectivity index (χ1) is 11.7. The average Bonchev–Trinajstić information content (AvgIpc) is 3.44. The zero-order valence-electron chi connectivity index (χ0n) is 14.1. The summed E-state index contributed by atoms with van der Waals surface area (Å²) in [4.78, 5) is 18.5. The van der Waals surface area contributed by atoms with Gasteiger partial charge in [-0.3, -0.25) is 9.78 Å². The Morgan fingerprint density at radius 1 is 1.21 bits per heavy atom. The van der Waals surface area contributed by atoms with Crippen LogP contribution in [0.2, 0.25) is 0 Å². The molecule has 0 bridgehead atoms. The highest BCUT2D eigenvalue weighted by Gasteiger charge is 2.32. The first-order valence-electron chi connectivity index (χ1n) is 8.13. The summed E-state index contributed by atoms with van der Waals surface area (Å²) in [7, 11) is 1.60. The quantitative estimate of drug-likeness (QED) is 0.785. The molecule has 2 aromatic rings. The molecule has 1 saturated carbocycles. The zero-order valence-corrected chi connectivity index (χ0v) is 14.1. The van der Waals surface area contributed by atoms with Gasteiger partial charge in [-0.1, -0.05) is 6.07 Å². The number of rotatable bonds is 7. The number of methoxy groups -OCH3 is 1. The van der Waals surface area contributed by atoms with Gasteiger partial charge < -0.3 is 14.4 Å². The van der Waals surface area contributed by atoms with Crippen LogP contribution in [-0.4, -0.2) is 35.5 Å². The third-order valence-corrected chi connectivity index (χ3v) is 4.08. The molecule has 1 amide bonds. The lowest BCUT2D eigenvalue weighted by Gasteiger charge is -2.23. The lowest BCUT2D eigenvalue weighted by molar-refractivity contribution is -0.134. The van der Waals surface area contributed by atoms with Gasteiger partial charge in [0.15, 0.2) is 18.1 Å². The van der Waals surface area contributed by atoms with Crippen LogP contribution < -0.4 is 9.47 Å². The predicted molar refractivity (Wildman–Crippen MR) is 91.0 cm³/mol. The molecule has 0 aliphatic heterocycles. The first kappa shape index (κ1) is 16.3. The maximum Gasteiger partial charge on any atom is 0.261 e. The minimum Gasteiger partial charge on any atom is -0.493 e. The summed E-state index contributed by atoms with van der Waals surface area (Å²) in [5.41, 5.74) is 2.17. The maximum atomic E-state index is 12.6. The van der Waals surface area contributed by atoms with Crippen LogP contribution in [0.25, 0.3) is 0 Å². The summed E-state index contributed by atoms with van der Waals surface area (Å²) in [6, 6.07) is 9.88. The van der Waals surface area contributed by atoms with E-state index in [9.17, 15) is 4.79 Å². The number of aromatic nitrogens is 1. The Morgan fingerprint density at radius 3 is 2.62 bits per heavy atom. The standard InChI is InChI=1S/C19H22N2O3/c1-14-3-6-17(18(11-14)23-2)24-13-19(22)21(16-4-5-16)12-15-7-9-20-10-8-15/h3,6-11,16H,4-5,12-13H2,1-2H3. The molecule has 126 valence electrons.